The van der Waals surface area contributed by atoms with Crippen LogP contribution >= 0.6 is 0 Å². The standard InChI is InChI=1S/C12H11F3N2/c1-3-6-4-7-5-8(13)9(14)10(15)11(7)17-12(6)16-2/h4-5H,3H2,1-2H3,(H,16,17). The minimum Gasteiger partial charge on any atom is -0.373 e. The Bertz CT molecular complexity index is 582. The van der Waals surface area contributed by atoms with Crippen molar-refractivity contribution in [3.05, 3.63) is 35.1 Å². The summed E-state index contributed by atoms with van der Waals surface area (Å²) in [7, 11) is 1.64. The predicted molar refractivity (Wildman–Crippen MR) is 60.5 cm³/mol. The number of rotatable bonds is 2. The number of hydrogen-bond donors (Lipinski definition) is 1. The molecule has 1 aromatic heterocycles. The van der Waals surface area contributed by atoms with Gasteiger partial charge in [0.05, 0.1) is 0 Å². The molecule has 2 rings (SSSR count). The van der Waals surface area contributed by atoms with E-state index in [1.54, 1.807) is 13.1 Å². The summed E-state index contributed by atoms with van der Waals surface area (Å²) in [5.74, 6) is -3.46. The Morgan fingerprint density at radius 3 is 2.47 bits per heavy atom. The van der Waals surface area contributed by atoms with Gasteiger partial charge in [0.15, 0.2) is 17.5 Å². The molecule has 0 aliphatic carbocycles. The van der Waals surface area contributed by atoms with E-state index in [0.717, 1.165) is 11.6 Å². The molecular weight excluding hydrogens is 229 g/mol. The molecule has 17 heavy (non-hydrogen) atoms. The molecule has 90 valence electrons. The average molecular weight is 240 g/mol. The molecule has 0 aliphatic rings. The molecule has 0 spiro atoms. The number of anilines is 1. The first-order chi connectivity index (χ1) is 8.08. The van der Waals surface area contributed by atoms with Gasteiger partial charge in [-0.25, -0.2) is 18.2 Å². The molecule has 2 aromatic rings. The van der Waals surface area contributed by atoms with Crippen LogP contribution in [-0.2, 0) is 6.42 Å². The first-order valence-electron chi connectivity index (χ1n) is 5.23. The molecule has 0 fully saturated rings. The van der Waals surface area contributed by atoms with Crippen molar-refractivity contribution >= 4 is 16.7 Å². The molecule has 5 heteroatoms. The van der Waals surface area contributed by atoms with Gasteiger partial charge < -0.3 is 5.32 Å². The maximum atomic E-state index is 13.5. The lowest BCUT2D eigenvalue weighted by Gasteiger charge is -2.09. The van der Waals surface area contributed by atoms with Gasteiger partial charge in [0, 0.05) is 12.4 Å². The number of halogens is 3. The second kappa shape index (κ2) is 4.24. The fourth-order valence-corrected chi connectivity index (χ4v) is 1.75. The normalized spacial score (nSPS) is 10.9. The summed E-state index contributed by atoms with van der Waals surface area (Å²) in [4.78, 5) is 3.97. The van der Waals surface area contributed by atoms with Crippen LogP contribution in [0.2, 0.25) is 0 Å². The number of benzene rings is 1. The number of aryl methyl sites for hydroxylation is 1. The molecule has 1 aromatic carbocycles. The molecular formula is C12H11F3N2. The Hall–Kier alpha value is -1.78. The molecule has 0 aliphatic heterocycles. The van der Waals surface area contributed by atoms with Gasteiger partial charge in [-0.15, -0.1) is 0 Å². The highest BCUT2D eigenvalue weighted by atomic mass is 19.2. The molecule has 2 nitrogen and oxygen atoms in total. The van der Waals surface area contributed by atoms with Crippen molar-refractivity contribution < 1.29 is 13.2 Å². The van der Waals surface area contributed by atoms with Gasteiger partial charge in [0.2, 0.25) is 0 Å². The van der Waals surface area contributed by atoms with Gasteiger partial charge in [-0.05, 0) is 24.1 Å². The minimum absolute atomic E-state index is 0.162. The number of nitrogens with one attached hydrogen (secondary N) is 1. The second-order valence-electron chi connectivity index (χ2n) is 3.66. The highest BCUT2D eigenvalue weighted by Crippen LogP contribution is 2.25. The number of pyridine rings is 1. The molecule has 1 heterocycles. The third kappa shape index (κ3) is 1.81. The lowest BCUT2D eigenvalue weighted by molar-refractivity contribution is 0.452. The Balaban J connectivity index is 2.83. The van der Waals surface area contributed by atoms with Crippen molar-refractivity contribution in [3.63, 3.8) is 0 Å². The van der Waals surface area contributed by atoms with Crippen LogP contribution in [0.25, 0.3) is 10.9 Å². The van der Waals surface area contributed by atoms with E-state index in [9.17, 15) is 13.2 Å². The fourth-order valence-electron chi connectivity index (χ4n) is 1.75. The Labute approximate surface area is 96.5 Å². The van der Waals surface area contributed by atoms with Crippen LogP contribution < -0.4 is 5.32 Å². The SMILES string of the molecule is CCc1cc2cc(F)c(F)c(F)c2nc1NC. The summed E-state index contributed by atoms with van der Waals surface area (Å²) in [5, 5.41) is 3.07. The van der Waals surface area contributed by atoms with Gasteiger partial charge >= 0.3 is 0 Å². The zero-order valence-electron chi connectivity index (χ0n) is 9.44. The predicted octanol–water partition coefficient (Wildman–Crippen LogP) is 3.26. The monoisotopic (exact) mass is 240 g/mol. The fraction of sp³-hybridized carbons (Fsp3) is 0.250. The summed E-state index contributed by atoms with van der Waals surface area (Å²) in [6.45, 7) is 1.90. The van der Waals surface area contributed by atoms with Gasteiger partial charge in [0.25, 0.3) is 0 Å². The summed E-state index contributed by atoms with van der Waals surface area (Å²) >= 11 is 0. The zero-order valence-corrected chi connectivity index (χ0v) is 9.44. The average Bonchev–Trinajstić information content (AvgIpc) is 2.34. The molecule has 0 atom stereocenters. The molecule has 0 unspecified atom stereocenters. The van der Waals surface area contributed by atoms with Crippen LogP contribution in [0.5, 0.6) is 0 Å². The van der Waals surface area contributed by atoms with E-state index in [0.29, 0.717) is 12.2 Å². The van der Waals surface area contributed by atoms with E-state index in [1.165, 1.54) is 0 Å². The Morgan fingerprint density at radius 2 is 1.88 bits per heavy atom. The number of hydrogen-bond acceptors (Lipinski definition) is 2. The van der Waals surface area contributed by atoms with E-state index in [2.05, 4.69) is 10.3 Å². The summed E-state index contributed by atoms with van der Waals surface area (Å²) < 4.78 is 39.6. The third-order valence-corrected chi connectivity index (χ3v) is 2.64. The largest absolute Gasteiger partial charge is 0.373 e. The van der Waals surface area contributed by atoms with Crippen molar-refractivity contribution in [1.29, 1.82) is 0 Å². The maximum absolute atomic E-state index is 13.5. The lowest BCUT2D eigenvalue weighted by Crippen LogP contribution is -2.01. The molecule has 0 radical (unpaired) electrons. The number of aromatic nitrogens is 1. The van der Waals surface area contributed by atoms with E-state index < -0.39 is 17.5 Å². The second-order valence-corrected chi connectivity index (χ2v) is 3.66. The number of fused-ring (bicyclic) bond motifs is 1. The molecule has 0 saturated carbocycles. The Kier molecular flexibility index (Phi) is 2.92. The van der Waals surface area contributed by atoms with Gasteiger partial charge in [0.1, 0.15) is 11.3 Å². The summed E-state index contributed by atoms with van der Waals surface area (Å²) in [6, 6.07) is 2.57. The van der Waals surface area contributed by atoms with Crippen molar-refractivity contribution in [1.82, 2.24) is 4.98 Å². The van der Waals surface area contributed by atoms with Crippen LogP contribution in [0.1, 0.15) is 12.5 Å². The topological polar surface area (TPSA) is 24.9 Å². The van der Waals surface area contributed by atoms with Crippen molar-refractivity contribution in [2.24, 2.45) is 0 Å². The van der Waals surface area contributed by atoms with E-state index >= 15 is 0 Å². The number of nitrogens with zero attached hydrogens (tertiary/aromatic N) is 1. The van der Waals surface area contributed by atoms with Crippen molar-refractivity contribution in [3.8, 4) is 0 Å². The highest BCUT2D eigenvalue weighted by Gasteiger charge is 2.16. The van der Waals surface area contributed by atoms with Crippen LogP contribution in [-0.4, -0.2) is 12.0 Å². The summed E-state index contributed by atoms with van der Waals surface area (Å²) in [5.41, 5.74) is 0.663. The molecule has 0 amide bonds. The highest BCUT2D eigenvalue weighted by molar-refractivity contribution is 5.82. The minimum atomic E-state index is -1.49. The van der Waals surface area contributed by atoms with E-state index in [-0.39, 0.29) is 10.9 Å². The third-order valence-electron chi connectivity index (χ3n) is 2.64. The molecule has 0 bridgehead atoms. The zero-order chi connectivity index (χ0) is 12.6. The molecule has 0 saturated heterocycles. The van der Waals surface area contributed by atoms with Crippen LogP contribution in [0.4, 0.5) is 19.0 Å². The first-order valence-corrected chi connectivity index (χ1v) is 5.23. The first kappa shape index (κ1) is 11.7. The quantitative estimate of drug-likeness (QED) is 0.815. The maximum Gasteiger partial charge on any atom is 0.196 e. The van der Waals surface area contributed by atoms with Gasteiger partial charge in [-0.3, -0.25) is 0 Å². The Morgan fingerprint density at radius 1 is 1.18 bits per heavy atom. The van der Waals surface area contributed by atoms with Crippen LogP contribution in [0.3, 0.4) is 0 Å². The van der Waals surface area contributed by atoms with E-state index in [1.807, 2.05) is 6.92 Å². The molecule has 1 N–H and O–H groups in total. The van der Waals surface area contributed by atoms with Crippen molar-refractivity contribution in [2.45, 2.75) is 13.3 Å². The van der Waals surface area contributed by atoms with Gasteiger partial charge in [-0.2, -0.15) is 0 Å². The van der Waals surface area contributed by atoms with Crippen molar-refractivity contribution in [2.75, 3.05) is 12.4 Å². The van der Waals surface area contributed by atoms with Crippen LogP contribution in [0, 0.1) is 17.5 Å². The summed E-state index contributed by atoms with van der Waals surface area (Å²) in [6.07, 6.45) is 0.666. The van der Waals surface area contributed by atoms with Gasteiger partial charge in [-0.1, -0.05) is 6.92 Å². The lowest BCUT2D eigenvalue weighted by atomic mass is 10.1. The van der Waals surface area contributed by atoms with E-state index in [4.69, 9.17) is 0 Å². The smallest absolute Gasteiger partial charge is 0.196 e. The van der Waals surface area contributed by atoms with Crippen LogP contribution in [0.15, 0.2) is 12.1 Å².